The van der Waals surface area contributed by atoms with Crippen molar-refractivity contribution in [2.75, 3.05) is 25.0 Å². The van der Waals surface area contributed by atoms with E-state index in [1.54, 1.807) is 0 Å². The average Bonchev–Trinajstić information content (AvgIpc) is 3.17. The number of hydrogen-bond donors (Lipinski definition) is 2. The number of piperidine rings is 1. The minimum Gasteiger partial charge on any atom is -0.353 e. The zero-order valence-electron chi connectivity index (χ0n) is 19.5. The Bertz CT molecular complexity index is 1220. The normalized spacial score (nSPS) is 16.6. The van der Waals surface area contributed by atoms with E-state index in [0.29, 0.717) is 18.5 Å². The second-order valence-corrected chi connectivity index (χ2v) is 9.49. The Morgan fingerprint density at radius 2 is 1.79 bits per heavy atom. The maximum Gasteiger partial charge on any atom is 0.205 e. The van der Waals surface area contributed by atoms with E-state index in [1.165, 1.54) is 0 Å². The molecule has 3 N–H and O–H groups in total. The van der Waals surface area contributed by atoms with Gasteiger partial charge in [-0.25, -0.2) is 9.97 Å². The average molecular weight is 444 g/mol. The Balaban J connectivity index is 1.34. The molecule has 7 heteroatoms. The molecule has 33 heavy (non-hydrogen) atoms. The van der Waals surface area contributed by atoms with Crippen molar-refractivity contribution in [1.29, 1.82) is 0 Å². The topological polar surface area (TPSA) is 84.9 Å². The Kier molecular flexibility index (Phi) is 6.24. The fourth-order valence-corrected chi connectivity index (χ4v) is 4.53. The fourth-order valence-electron chi connectivity index (χ4n) is 4.53. The summed E-state index contributed by atoms with van der Waals surface area (Å²) in [6.45, 7) is 8.11. The van der Waals surface area contributed by atoms with Gasteiger partial charge in [-0.05, 0) is 43.0 Å². The minimum absolute atomic E-state index is 0.235. The first-order valence-electron chi connectivity index (χ1n) is 12.0. The van der Waals surface area contributed by atoms with Crippen LogP contribution in [0.5, 0.6) is 0 Å². The van der Waals surface area contributed by atoms with Crippen molar-refractivity contribution in [3.05, 3.63) is 60.4 Å². The van der Waals surface area contributed by atoms with Crippen LogP contribution in [0.1, 0.15) is 32.4 Å². The maximum absolute atomic E-state index is 6.29. The monoisotopic (exact) mass is 443 g/mol. The number of likely N-dealkylation sites (tertiary alicyclic amines) is 1. The molecule has 1 aliphatic rings. The standard InChI is InChI=1S/C26H33N7/c1-18(2)22(27)17-32-14-11-20(12-15-32)30-26-31-24-8-5-13-28-25(24)33(26)16-21-10-9-19-6-3-4-7-23(19)29-21/h3-10,13,18,20,22H,11-12,14-17,27H2,1-2H3,(H,30,31). The van der Waals surface area contributed by atoms with Gasteiger partial charge >= 0.3 is 0 Å². The summed E-state index contributed by atoms with van der Waals surface area (Å²) in [5.74, 6) is 1.38. The summed E-state index contributed by atoms with van der Waals surface area (Å²) in [5.41, 5.74) is 10.1. The van der Waals surface area contributed by atoms with Gasteiger partial charge in [-0.15, -0.1) is 0 Å². The molecule has 3 aromatic heterocycles. The van der Waals surface area contributed by atoms with Crippen LogP contribution >= 0.6 is 0 Å². The highest BCUT2D eigenvalue weighted by Crippen LogP contribution is 2.23. The number of anilines is 1. The molecular weight excluding hydrogens is 410 g/mol. The van der Waals surface area contributed by atoms with Crippen LogP contribution in [-0.2, 0) is 6.54 Å². The minimum atomic E-state index is 0.235. The van der Waals surface area contributed by atoms with Gasteiger partial charge in [-0.3, -0.25) is 9.55 Å². The van der Waals surface area contributed by atoms with Gasteiger partial charge in [0.25, 0.3) is 0 Å². The summed E-state index contributed by atoms with van der Waals surface area (Å²) in [4.78, 5) is 16.9. The predicted octanol–water partition coefficient (Wildman–Crippen LogP) is 3.89. The Hall–Kier alpha value is -3.03. The molecule has 4 heterocycles. The van der Waals surface area contributed by atoms with E-state index in [1.807, 2.05) is 30.5 Å². The molecule has 1 aromatic carbocycles. The van der Waals surface area contributed by atoms with Gasteiger partial charge in [0.15, 0.2) is 5.65 Å². The van der Waals surface area contributed by atoms with E-state index >= 15 is 0 Å². The SMILES string of the molecule is CC(C)C(N)CN1CCC(Nc2nc3cccnc3n2Cc2ccc3ccccc3n2)CC1. The Labute approximate surface area is 195 Å². The molecule has 1 unspecified atom stereocenters. The fraction of sp³-hybridized carbons (Fsp3) is 0.423. The highest BCUT2D eigenvalue weighted by molar-refractivity contribution is 5.78. The number of hydrogen-bond acceptors (Lipinski definition) is 6. The third kappa shape index (κ3) is 4.84. The van der Waals surface area contributed by atoms with Crippen LogP contribution in [0, 0.1) is 5.92 Å². The third-order valence-electron chi connectivity index (χ3n) is 6.73. The van der Waals surface area contributed by atoms with Crippen LogP contribution in [-0.4, -0.2) is 56.1 Å². The van der Waals surface area contributed by atoms with E-state index in [0.717, 1.165) is 66.2 Å². The molecular formula is C26H33N7. The second-order valence-electron chi connectivity index (χ2n) is 9.49. The maximum atomic E-state index is 6.29. The van der Waals surface area contributed by atoms with Gasteiger partial charge < -0.3 is 16.0 Å². The van der Waals surface area contributed by atoms with E-state index < -0.39 is 0 Å². The van der Waals surface area contributed by atoms with Crippen molar-refractivity contribution in [3.63, 3.8) is 0 Å². The van der Waals surface area contributed by atoms with Crippen LogP contribution in [0.4, 0.5) is 5.95 Å². The molecule has 0 spiro atoms. The van der Waals surface area contributed by atoms with Crippen LogP contribution in [0.15, 0.2) is 54.7 Å². The Morgan fingerprint density at radius 1 is 1.00 bits per heavy atom. The molecule has 1 atom stereocenters. The molecule has 0 bridgehead atoms. The zero-order chi connectivity index (χ0) is 22.8. The quantitative estimate of drug-likeness (QED) is 0.451. The number of fused-ring (bicyclic) bond motifs is 2. The number of aromatic nitrogens is 4. The lowest BCUT2D eigenvalue weighted by Crippen LogP contribution is -2.46. The molecule has 5 rings (SSSR count). The van der Waals surface area contributed by atoms with Crippen LogP contribution < -0.4 is 11.1 Å². The zero-order valence-corrected chi connectivity index (χ0v) is 19.5. The van der Waals surface area contributed by atoms with Gasteiger partial charge in [-0.1, -0.05) is 38.1 Å². The molecule has 1 aliphatic heterocycles. The number of nitrogens with one attached hydrogen (secondary N) is 1. The van der Waals surface area contributed by atoms with Crippen molar-refractivity contribution in [2.45, 2.75) is 45.3 Å². The molecule has 7 nitrogen and oxygen atoms in total. The van der Waals surface area contributed by atoms with Gasteiger partial charge in [0.05, 0.1) is 17.8 Å². The highest BCUT2D eigenvalue weighted by Gasteiger charge is 2.23. The number of benzene rings is 1. The van der Waals surface area contributed by atoms with Crippen molar-refractivity contribution in [1.82, 2.24) is 24.4 Å². The lowest BCUT2D eigenvalue weighted by atomic mass is 10.0. The summed E-state index contributed by atoms with van der Waals surface area (Å²) in [5, 5.41) is 4.87. The molecule has 0 saturated carbocycles. The van der Waals surface area contributed by atoms with Crippen molar-refractivity contribution in [3.8, 4) is 0 Å². The lowest BCUT2D eigenvalue weighted by molar-refractivity contribution is 0.194. The van der Waals surface area contributed by atoms with E-state index in [9.17, 15) is 0 Å². The molecule has 172 valence electrons. The predicted molar refractivity (Wildman–Crippen MR) is 134 cm³/mol. The van der Waals surface area contributed by atoms with E-state index in [4.69, 9.17) is 15.7 Å². The van der Waals surface area contributed by atoms with Crippen LogP contribution in [0.3, 0.4) is 0 Å². The van der Waals surface area contributed by atoms with Gasteiger partial charge in [0.1, 0.15) is 5.52 Å². The number of nitrogens with two attached hydrogens (primary N) is 1. The molecule has 0 aliphatic carbocycles. The summed E-state index contributed by atoms with van der Waals surface area (Å²) < 4.78 is 2.16. The number of nitrogens with zero attached hydrogens (tertiary/aromatic N) is 5. The lowest BCUT2D eigenvalue weighted by Gasteiger charge is -2.34. The van der Waals surface area contributed by atoms with Crippen LogP contribution in [0.25, 0.3) is 22.1 Å². The highest BCUT2D eigenvalue weighted by atomic mass is 15.3. The second kappa shape index (κ2) is 9.45. The first-order valence-corrected chi connectivity index (χ1v) is 12.0. The van der Waals surface area contributed by atoms with E-state index in [2.05, 4.69) is 57.9 Å². The van der Waals surface area contributed by atoms with Gasteiger partial charge in [-0.2, -0.15) is 0 Å². The number of imidazole rings is 1. The molecule has 0 radical (unpaired) electrons. The third-order valence-corrected chi connectivity index (χ3v) is 6.73. The van der Waals surface area contributed by atoms with Gasteiger partial charge in [0.2, 0.25) is 5.95 Å². The summed E-state index contributed by atoms with van der Waals surface area (Å²) in [7, 11) is 0. The molecule has 0 amide bonds. The first kappa shape index (κ1) is 21.8. The van der Waals surface area contributed by atoms with Gasteiger partial charge in [0, 0.05) is 43.3 Å². The number of rotatable bonds is 7. The largest absolute Gasteiger partial charge is 0.353 e. The van der Waals surface area contributed by atoms with Crippen LogP contribution in [0.2, 0.25) is 0 Å². The number of para-hydroxylation sites is 1. The molecule has 1 fully saturated rings. The van der Waals surface area contributed by atoms with Crippen molar-refractivity contribution < 1.29 is 0 Å². The molecule has 1 saturated heterocycles. The Morgan fingerprint density at radius 3 is 2.61 bits per heavy atom. The first-order chi connectivity index (χ1) is 16.1. The van der Waals surface area contributed by atoms with Crippen molar-refractivity contribution in [2.24, 2.45) is 11.7 Å². The summed E-state index contributed by atoms with van der Waals surface area (Å²) in [6.07, 6.45) is 3.99. The van der Waals surface area contributed by atoms with Crippen molar-refractivity contribution >= 4 is 28.0 Å². The van der Waals surface area contributed by atoms with E-state index in [-0.39, 0.29) is 6.04 Å². The molecule has 4 aromatic rings. The number of pyridine rings is 2. The summed E-state index contributed by atoms with van der Waals surface area (Å²) >= 11 is 0. The summed E-state index contributed by atoms with van der Waals surface area (Å²) in [6, 6.07) is 17.0. The smallest absolute Gasteiger partial charge is 0.205 e.